The molecular weight excluding hydrogens is 301 g/mol. The van der Waals surface area contributed by atoms with Crippen molar-refractivity contribution in [1.82, 2.24) is 0 Å². The van der Waals surface area contributed by atoms with Gasteiger partial charge in [-0.15, -0.1) is 0 Å². The molecule has 0 aliphatic carbocycles. The summed E-state index contributed by atoms with van der Waals surface area (Å²) < 4.78 is 43.4. The van der Waals surface area contributed by atoms with Crippen LogP contribution in [0.3, 0.4) is 0 Å². The molecule has 0 spiro atoms. The van der Waals surface area contributed by atoms with Crippen molar-refractivity contribution in [3.05, 3.63) is 47.5 Å². The maximum Gasteiger partial charge on any atom is 0.416 e. The molecule has 0 atom stereocenters. The predicted molar refractivity (Wildman–Crippen MR) is 73.7 cm³/mol. The molecule has 0 aliphatic rings. The Morgan fingerprint density at radius 1 is 1.05 bits per heavy atom. The molecule has 5 nitrogen and oxygen atoms in total. The number of aromatic carboxylic acids is 1. The SMILES string of the molecule is Nc1ccc(Oc2cc(C(F)(F)F)ccc2C(=O)O)c(N)c1. The van der Waals surface area contributed by atoms with Gasteiger partial charge in [-0.1, -0.05) is 0 Å². The lowest BCUT2D eigenvalue weighted by Gasteiger charge is -2.14. The van der Waals surface area contributed by atoms with Gasteiger partial charge in [0, 0.05) is 5.69 Å². The zero-order valence-corrected chi connectivity index (χ0v) is 11.0. The smallest absolute Gasteiger partial charge is 0.416 e. The third-order valence-electron chi connectivity index (χ3n) is 2.79. The summed E-state index contributed by atoms with van der Waals surface area (Å²) in [5.74, 6) is -1.87. The molecule has 0 heterocycles. The summed E-state index contributed by atoms with van der Waals surface area (Å²) in [7, 11) is 0. The van der Waals surface area contributed by atoms with Crippen molar-refractivity contribution in [2.45, 2.75) is 6.18 Å². The fourth-order valence-electron chi connectivity index (χ4n) is 1.74. The van der Waals surface area contributed by atoms with E-state index in [4.69, 9.17) is 21.3 Å². The molecule has 22 heavy (non-hydrogen) atoms. The molecule has 2 aromatic rings. The van der Waals surface area contributed by atoms with Crippen LogP contribution < -0.4 is 16.2 Å². The molecule has 0 aliphatic heterocycles. The first kappa shape index (κ1) is 15.5. The number of nitrogens with two attached hydrogens (primary N) is 2. The van der Waals surface area contributed by atoms with Crippen molar-refractivity contribution < 1.29 is 27.8 Å². The number of rotatable bonds is 3. The van der Waals surface area contributed by atoms with Crippen molar-refractivity contribution in [2.24, 2.45) is 0 Å². The number of halogens is 3. The number of benzene rings is 2. The Balaban J connectivity index is 2.49. The van der Waals surface area contributed by atoms with Gasteiger partial charge < -0.3 is 21.3 Å². The van der Waals surface area contributed by atoms with E-state index in [9.17, 15) is 18.0 Å². The van der Waals surface area contributed by atoms with Gasteiger partial charge in [-0.05, 0) is 36.4 Å². The number of hydrogen-bond acceptors (Lipinski definition) is 4. The summed E-state index contributed by atoms with van der Waals surface area (Å²) >= 11 is 0. The Kier molecular flexibility index (Phi) is 3.85. The van der Waals surface area contributed by atoms with Crippen LogP contribution >= 0.6 is 0 Å². The van der Waals surface area contributed by atoms with Crippen molar-refractivity contribution >= 4 is 17.3 Å². The zero-order valence-electron chi connectivity index (χ0n) is 11.0. The van der Waals surface area contributed by atoms with Gasteiger partial charge in [0.1, 0.15) is 17.1 Å². The highest BCUT2D eigenvalue weighted by Crippen LogP contribution is 2.36. The molecular formula is C14H11F3N2O3. The number of nitrogen functional groups attached to an aromatic ring is 2. The average Bonchev–Trinajstić information content (AvgIpc) is 2.40. The van der Waals surface area contributed by atoms with Crippen LogP contribution in [0.2, 0.25) is 0 Å². The highest BCUT2D eigenvalue weighted by molar-refractivity contribution is 5.91. The molecule has 0 aromatic heterocycles. The Labute approximate surface area is 122 Å². The molecule has 5 N–H and O–H groups in total. The van der Waals surface area contributed by atoms with Gasteiger partial charge in [0.15, 0.2) is 0 Å². The number of hydrogen-bond donors (Lipinski definition) is 3. The number of carboxylic acid groups (broad SMARTS) is 1. The van der Waals surface area contributed by atoms with Crippen LogP contribution in [0.25, 0.3) is 0 Å². The maximum absolute atomic E-state index is 12.7. The lowest BCUT2D eigenvalue weighted by molar-refractivity contribution is -0.137. The summed E-state index contributed by atoms with van der Waals surface area (Å²) in [6.45, 7) is 0. The number of carboxylic acids is 1. The summed E-state index contributed by atoms with van der Waals surface area (Å²) in [4.78, 5) is 11.1. The first-order valence-corrected chi connectivity index (χ1v) is 5.96. The third-order valence-corrected chi connectivity index (χ3v) is 2.79. The van der Waals surface area contributed by atoms with Crippen LogP contribution in [0, 0.1) is 0 Å². The van der Waals surface area contributed by atoms with E-state index in [1.807, 2.05) is 0 Å². The Hall–Kier alpha value is -2.90. The number of anilines is 2. The van der Waals surface area contributed by atoms with E-state index in [1.54, 1.807) is 0 Å². The van der Waals surface area contributed by atoms with Gasteiger partial charge in [-0.25, -0.2) is 4.79 Å². The van der Waals surface area contributed by atoms with Crippen molar-refractivity contribution in [3.8, 4) is 11.5 Å². The number of carbonyl (C=O) groups is 1. The largest absolute Gasteiger partial charge is 0.478 e. The minimum Gasteiger partial charge on any atom is -0.478 e. The second-order valence-corrected chi connectivity index (χ2v) is 4.41. The number of ether oxygens (including phenoxy) is 1. The molecule has 2 aromatic carbocycles. The van der Waals surface area contributed by atoms with Gasteiger partial charge in [0.2, 0.25) is 0 Å². The molecule has 0 radical (unpaired) electrons. The highest BCUT2D eigenvalue weighted by Gasteiger charge is 2.32. The van der Waals surface area contributed by atoms with Crippen LogP contribution in [0.15, 0.2) is 36.4 Å². The number of alkyl halides is 3. The van der Waals surface area contributed by atoms with Gasteiger partial charge in [0.05, 0.1) is 11.3 Å². The zero-order chi connectivity index (χ0) is 16.5. The normalized spacial score (nSPS) is 11.2. The summed E-state index contributed by atoms with van der Waals surface area (Å²) in [5.41, 5.74) is 10.1. The van der Waals surface area contributed by atoms with Crippen LogP contribution in [0.4, 0.5) is 24.5 Å². The monoisotopic (exact) mass is 312 g/mol. The third kappa shape index (κ3) is 3.22. The van der Waals surface area contributed by atoms with Crippen LogP contribution in [0.1, 0.15) is 15.9 Å². The van der Waals surface area contributed by atoms with E-state index in [2.05, 4.69) is 0 Å². The summed E-state index contributed by atoms with van der Waals surface area (Å²) in [6, 6.07) is 6.23. The van der Waals surface area contributed by atoms with Crippen molar-refractivity contribution in [3.63, 3.8) is 0 Å². The molecule has 0 amide bonds. The fraction of sp³-hybridized carbons (Fsp3) is 0.0714. The minimum atomic E-state index is -4.62. The van der Waals surface area contributed by atoms with Crippen LogP contribution in [0.5, 0.6) is 11.5 Å². The first-order valence-electron chi connectivity index (χ1n) is 5.96. The molecule has 0 bridgehead atoms. The Morgan fingerprint density at radius 3 is 2.27 bits per heavy atom. The lowest BCUT2D eigenvalue weighted by atomic mass is 10.1. The topological polar surface area (TPSA) is 98.6 Å². The quantitative estimate of drug-likeness (QED) is 0.755. The standard InChI is InChI=1S/C14H11F3N2O3/c15-14(16,17)7-1-3-9(13(20)21)12(5-7)22-11-4-2-8(18)6-10(11)19/h1-6H,18-19H2,(H,20,21). The molecule has 0 unspecified atom stereocenters. The van der Waals surface area contributed by atoms with Crippen molar-refractivity contribution in [1.29, 1.82) is 0 Å². The highest BCUT2D eigenvalue weighted by atomic mass is 19.4. The molecule has 0 saturated heterocycles. The van der Waals surface area contributed by atoms with E-state index in [0.29, 0.717) is 17.8 Å². The molecule has 0 fully saturated rings. The second kappa shape index (κ2) is 5.47. The van der Waals surface area contributed by atoms with Gasteiger partial charge in [-0.2, -0.15) is 13.2 Å². The maximum atomic E-state index is 12.7. The minimum absolute atomic E-state index is 0.0102. The lowest BCUT2D eigenvalue weighted by Crippen LogP contribution is -2.08. The molecule has 8 heteroatoms. The first-order chi connectivity index (χ1) is 10.2. The van der Waals surface area contributed by atoms with Crippen LogP contribution in [-0.4, -0.2) is 11.1 Å². The van der Waals surface area contributed by atoms with Crippen LogP contribution in [-0.2, 0) is 6.18 Å². The molecule has 116 valence electrons. The predicted octanol–water partition coefficient (Wildman–Crippen LogP) is 3.36. The second-order valence-electron chi connectivity index (χ2n) is 4.41. The van der Waals surface area contributed by atoms with E-state index >= 15 is 0 Å². The molecule has 0 saturated carbocycles. The van der Waals surface area contributed by atoms with Gasteiger partial charge in [0.25, 0.3) is 0 Å². The van der Waals surface area contributed by atoms with E-state index in [1.165, 1.54) is 18.2 Å². The Morgan fingerprint density at radius 2 is 1.73 bits per heavy atom. The van der Waals surface area contributed by atoms with Gasteiger partial charge in [-0.3, -0.25) is 0 Å². The fourth-order valence-corrected chi connectivity index (χ4v) is 1.74. The summed E-state index contributed by atoms with van der Waals surface area (Å²) in [6.07, 6.45) is -4.62. The average molecular weight is 312 g/mol. The van der Waals surface area contributed by atoms with E-state index in [-0.39, 0.29) is 11.4 Å². The molecule has 2 rings (SSSR count). The van der Waals surface area contributed by atoms with Gasteiger partial charge >= 0.3 is 12.1 Å². The Bertz CT molecular complexity index is 730. The summed E-state index contributed by atoms with van der Waals surface area (Å²) in [5, 5.41) is 9.04. The van der Waals surface area contributed by atoms with E-state index < -0.39 is 29.0 Å². The van der Waals surface area contributed by atoms with E-state index in [0.717, 1.165) is 6.07 Å². The van der Waals surface area contributed by atoms with Crippen molar-refractivity contribution in [2.75, 3.05) is 11.5 Å².